The number of hydrogen-bond donors (Lipinski definition) is 4. The third-order valence-electron chi connectivity index (χ3n) is 4.27. The van der Waals surface area contributed by atoms with Crippen molar-refractivity contribution in [3.63, 3.8) is 0 Å². The first kappa shape index (κ1) is 24.2. The van der Waals surface area contributed by atoms with Crippen molar-refractivity contribution < 1.29 is 19.6 Å². The first-order valence-corrected chi connectivity index (χ1v) is 11.1. The molecule has 0 spiro atoms. The molecule has 164 valence electrons. The maximum absolute atomic E-state index is 12.7. The maximum Gasteiger partial charge on any atom is 0.244 e. The minimum atomic E-state index is -0.715. The Morgan fingerprint density at radius 1 is 1.00 bits per heavy atom. The normalized spacial score (nSPS) is 11.6. The second-order valence-electron chi connectivity index (χ2n) is 6.72. The van der Waals surface area contributed by atoms with Gasteiger partial charge in [0.15, 0.2) is 0 Å². The van der Waals surface area contributed by atoms with Crippen LogP contribution in [-0.2, 0) is 20.9 Å². The van der Waals surface area contributed by atoms with E-state index in [1.807, 2.05) is 60.7 Å². The van der Waals surface area contributed by atoms with E-state index in [1.54, 1.807) is 11.6 Å². The summed E-state index contributed by atoms with van der Waals surface area (Å²) >= 11 is 1.46. The first-order valence-electron chi connectivity index (χ1n) is 9.94. The summed E-state index contributed by atoms with van der Waals surface area (Å²) in [5, 5.41) is 14.1. The second-order valence-corrected chi connectivity index (χ2v) is 7.87. The molecule has 0 radical (unpaired) electrons. The lowest BCUT2D eigenvalue weighted by Gasteiger charge is -2.17. The molecule has 0 unspecified atom stereocenters. The topological polar surface area (TPSA) is 108 Å². The molecule has 0 aliphatic rings. The highest BCUT2D eigenvalue weighted by Gasteiger charge is 2.19. The summed E-state index contributed by atoms with van der Waals surface area (Å²) in [6.07, 6.45) is 3.84. The standard InChI is InChI=1S/C23H27N3O4S/c27-21(14-13-18-8-3-1-4-9-18)25-20(17-31-15-7-12-22(28)26-30)23(29)24-16-19-10-5-2-6-11-19/h1-6,8-11,13-14,20,30H,7,12,15-17H2,(H,24,29)(H,25,27)(H,26,28)/b14-13+/t20-/m0/s1. The van der Waals surface area contributed by atoms with Gasteiger partial charge in [0.1, 0.15) is 6.04 Å². The molecule has 7 nitrogen and oxygen atoms in total. The fourth-order valence-corrected chi connectivity index (χ4v) is 3.62. The molecule has 2 aromatic rings. The Morgan fingerprint density at radius 3 is 2.35 bits per heavy atom. The van der Waals surface area contributed by atoms with E-state index in [1.165, 1.54) is 17.8 Å². The highest BCUT2D eigenvalue weighted by Crippen LogP contribution is 2.08. The summed E-state index contributed by atoms with van der Waals surface area (Å²) in [7, 11) is 0. The van der Waals surface area contributed by atoms with E-state index in [4.69, 9.17) is 5.21 Å². The van der Waals surface area contributed by atoms with E-state index in [9.17, 15) is 14.4 Å². The fourth-order valence-electron chi connectivity index (χ4n) is 2.64. The van der Waals surface area contributed by atoms with Gasteiger partial charge in [-0.1, -0.05) is 60.7 Å². The van der Waals surface area contributed by atoms with Gasteiger partial charge in [0, 0.05) is 24.8 Å². The van der Waals surface area contributed by atoms with Crippen molar-refractivity contribution >= 4 is 35.6 Å². The number of rotatable bonds is 12. The molecule has 1 atom stereocenters. The molecule has 0 heterocycles. The number of thioether (sulfide) groups is 1. The van der Waals surface area contributed by atoms with Crippen LogP contribution in [0.25, 0.3) is 6.08 Å². The third kappa shape index (κ3) is 9.97. The van der Waals surface area contributed by atoms with Crippen molar-refractivity contribution in [2.45, 2.75) is 25.4 Å². The molecule has 8 heteroatoms. The summed E-state index contributed by atoms with van der Waals surface area (Å²) in [4.78, 5) is 36.1. The summed E-state index contributed by atoms with van der Waals surface area (Å²) < 4.78 is 0. The van der Waals surface area contributed by atoms with Gasteiger partial charge in [-0.15, -0.1) is 0 Å². The van der Waals surface area contributed by atoms with Crippen LogP contribution < -0.4 is 16.1 Å². The van der Waals surface area contributed by atoms with Gasteiger partial charge in [-0.05, 0) is 29.4 Å². The number of carbonyl (C=O) groups excluding carboxylic acids is 3. The van der Waals surface area contributed by atoms with Gasteiger partial charge in [-0.25, -0.2) is 5.48 Å². The van der Waals surface area contributed by atoms with Crippen LogP contribution in [0.15, 0.2) is 66.7 Å². The molecule has 3 amide bonds. The molecule has 0 saturated carbocycles. The molecular formula is C23H27N3O4S. The van der Waals surface area contributed by atoms with Crippen molar-refractivity contribution in [1.82, 2.24) is 16.1 Å². The number of carbonyl (C=O) groups is 3. The molecule has 0 aliphatic heterocycles. The third-order valence-corrected chi connectivity index (χ3v) is 5.42. The minimum Gasteiger partial charge on any atom is -0.350 e. The second kappa shape index (κ2) is 14.0. The summed E-state index contributed by atoms with van der Waals surface area (Å²) in [5.74, 6) is -0.0928. The van der Waals surface area contributed by atoms with Crippen LogP contribution in [0, 0.1) is 0 Å². The molecule has 2 aromatic carbocycles. The number of hydroxylamine groups is 1. The number of benzene rings is 2. The first-order chi connectivity index (χ1) is 15.1. The van der Waals surface area contributed by atoms with Crippen LogP contribution in [0.5, 0.6) is 0 Å². The van der Waals surface area contributed by atoms with Gasteiger partial charge in [0.2, 0.25) is 17.7 Å². The Hall–Kier alpha value is -3.10. The molecule has 2 rings (SSSR count). The molecule has 0 bridgehead atoms. The lowest BCUT2D eigenvalue weighted by Crippen LogP contribution is -2.47. The predicted octanol–water partition coefficient (Wildman–Crippen LogP) is 2.52. The average molecular weight is 442 g/mol. The molecule has 0 aliphatic carbocycles. The van der Waals surface area contributed by atoms with E-state index in [-0.39, 0.29) is 18.2 Å². The number of amides is 3. The number of hydrogen-bond acceptors (Lipinski definition) is 5. The maximum atomic E-state index is 12.7. The Labute approximate surface area is 186 Å². The molecular weight excluding hydrogens is 414 g/mol. The Morgan fingerprint density at radius 2 is 1.68 bits per heavy atom. The quantitative estimate of drug-likeness (QED) is 0.175. The van der Waals surface area contributed by atoms with E-state index < -0.39 is 11.9 Å². The van der Waals surface area contributed by atoms with Gasteiger partial charge >= 0.3 is 0 Å². The number of nitrogens with one attached hydrogen (secondary N) is 3. The lowest BCUT2D eigenvalue weighted by atomic mass is 10.2. The van der Waals surface area contributed by atoms with Crippen LogP contribution in [-0.4, -0.2) is 40.5 Å². The van der Waals surface area contributed by atoms with Gasteiger partial charge in [-0.2, -0.15) is 11.8 Å². The van der Waals surface area contributed by atoms with Gasteiger partial charge in [0.25, 0.3) is 0 Å². The van der Waals surface area contributed by atoms with Crippen molar-refractivity contribution in [2.24, 2.45) is 0 Å². The molecule has 4 N–H and O–H groups in total. The summed E-state index contributed by atoms with van der Waals surface area (Å²) in [6, 6.07) is 18.2. The summed E-state index contributed by atoms with van der Waals surface area (Å²) in [6.45, 7) is 0.368. The van der Waals surface area contributed by atoms with E-state index >= 15 is 0 Å². The van der Waals surface area contributed by atoms with E-state index in [2.05, 4.69) is 10.6 Å². The Bertz CT molecular complexity index is 860. The zero-order chi connectivity index (χ0) is 22.3. The van der Waals surface area contributed by atoms with Crippen molar-refractivity contribution in [3.8, 4) is 0 Å². The highest BCUT2D eigenvalue weighted by atomic mass is 32.2. The minimum absolute atomic E-state index is 0.195. The lowest BCUT2D eigenvalue weighted by molar-refractivity contribution is -0.129. The summed E-state index contributed by atoms with van der Waals surface area (Å²) in [5.41, 5.74) is 3.45. The van der Waals surface area contributed by atoms with Crippen LogP contribution in [0.3, 0.4) is 0 Å². The molecule has 0 aromatic heterocycles. The van der Waals surface area contributed by atoms with Gasteiger partial charge in [-0.3, -0.25) is 19.6 Å². The SMILES string of the molecule is O=C(/C=C/c1ccccc1)N[C@@H](CSCCCC(=O)NO)C(=O)NCc1ccccc1. The van der Waals surface area contributed by atoms with E-state index in [0.29, 0.717) is 24.5 Å². The van der Waals surface area contributed by atoms with E-state index in [0.717, 1.165) is 11.1 Å². The van der Waals surface area contributed by atoms with Crippen LogP contribution in [0.1, 0.15) is 24.0 Å². The zero-order valence-electron chi connectivity index (χ0n) is 17.1. The van der Waals surface area contributed by atoms with Crippen LogP contribution in [0.4, 0.5) is 0 Å². The Kier molecular flexibility index (Phi) is 10.9. The van der Waals surface area contributed by atoms with Gasteiger partial charge < -0.3 is 10.6 Å². The predicted molar refractivity (Wildman–Crippen MR) is 122 cm³/mol. The largest absolute Gasteiger partial charge is 0.350 e. The smallest absolute Gasteiger partial charge is 0.244 e. The average Bonchev–Trinajstić information content (AvgIpc) is 2.81. The highest BCUT2D eigenvalue weighted by molar-refractivity contribution is 7.99. The molecule has 31 heavy (non-hydrogen) atoms. The zero-order valence-corrected chi connectivity index (χ0v) is 17.9. The monoisotopic (exact) mass is 441 g/mol. The molecule has 0 fully saturated rings. The van der Waals surface area contributed by atoms with Crippen molar-refractivity contribution in [1.29, 1.82) is 0 Å². The van der Waals surface area contributed by atoms with Crippen LogP contribution in [0.2, 0.25) is 0 Å². The van der Waals surface area contributed by atoms with Crippen LogP contribution >= 0.6 is 11.8 Å². The molecule has 0 saturated heterocycles. The van der Waals surface area contributed by atoms with Crippen molar-refractivity contribution in [2.75, 3.05) is 11.5 Å². The van der Waals surface area contributed by atoms with Crippen molar-refractivity contribution in [3.05, 3.63) is 77.9 Å². The van der Waals surface area contributed by atoms with Gasteiger partial charge in [0.05, 0.1) is 0 Å². The fraction of sp³-hybridized carbons (Fsp3) is 0.261. The Balaban J connectivity index is 1.90.